The van der Waals surface area contributed by atoms with E-state index >= 15 is 0 Å². The lowest BCUT2D eigenvalue weighted by atomic mass is 10.1. The standard InChI is InChI=1S/C24H34ClN5O2/c25-22-18-21(24(26)28-27-22)30-16-14-29(15-17-30)13-9-4-2-1-3-8-12-23(31)32-19-20-10-6-5-7-11-20/h5-7,10-11,18H,1-4,8-9,12-17,19H2,(H2,26,28). The Bertz CT molecular complexity index is 828. The van der Waals surface area contributed by atoms with E-state index in [1.165, 1.54) is 25.7 Å². The van der Waals surface area contributed by atoms with Gasteiger partial charge in [-0.25, -0.2) is 0 Å². The van der Waals surface area contributed by atoms with Crippen LogP contribution < -0.4 is 10.6 Å². The summed E-state index contributed by atoms with van der Waals surface area (Å²) in [7, 11) is 0. The molecule has 0 radical (unpaired) electrons. The molecule has 0 spiro atoms. The zero-order valence-electron chi connectivity index (χ0n) is 18.7. The number of nitrogens with two attached hydrogens (primary N) is 1. The number of ether oxygens (including phenoxy) is 1. The van der Waals surface area contributed by atoms with Crippen LogP contribution in [0.5, 0.6) is 0 Å². The third-order valence-corrected chi connectivity index (χ3v) is 6.02. The van der Waals surface area contributed by atoms with Gasteiger partial charge in [0.05, 0.1) is 5.69 Å². The van der Waals surface area contributed by atoms with Crippen LogP contribution in [0.25, 0.3) is 0 Å². The topological polar surface area (TPSA) is 84.6 Å². The second kappa shape index (κ2) is 13.2. The van der Waals surface area contributed by atoms with Crippen molar-refractivity contribution in [3.8, 4) is 0 Å². The Balaban J connectivity index is 1.17. The molecule has 8 heteroatoms. The van der Waals surface area contributed by atoms with Gasteiger partial charge in [-0.05, 0) is 24.9 Å². The summed E-state index contributed by atoms with van der Waals surface area (Å²) in [6.07, 6.45) is 7.35. The fraction of sp³-hybridized carbons (Fsp3) is 0.542. The first-order valence-electron chi connectivity index (χ1n) is 11.6. The minimum absolute atomic E-state index is 0.0976. The average Bonchev–Trinajstić information content (AvgIpc) is 2.82. The van der Waals surface area contributed by atoms with Crippen molar-refractivity contribution >= 4 is 29.1 Å². The molecule has 2 heterocycles. The number of aromatic nitrogens is 2. The summed E-state index contributed by atoms with van der Waals surface area (Å²) in [6.45, 7) is 5.38. The monoisotopic (exact) mass is 459 g/mol. The number of unbranched alkanes of at least 4 members (excludes halogenated alkanes) is 5. The average molecular weight is 460 g/mol. The summed E-state index contributed by atoms with van der Waals surface area (Å²) in [5.41, 5.74) is 7.86. The highest BCUT2D eigenvalue weighted by molar-refractivity contribution is 6.29. The Kier molecular flexibility index (Phi) is 10.0. The van der Waals surface area contributed by atoms with E-state index in [0.29, 0.717) is 24.0 Å². The predicted molar refractivity (Wildman–Crippen MR) is 129 cm³/mol. The summed E-state index contributed by atoms with van der Waals surface area (Å²) >= 11 is 5.96. The van der Waals surface area contributed by atoms with Gasteiger partial charge in [-0.1, -0.05) is 67.6 Å². The highest BCUT2D eigenvalue weighted by Crippen LogP contribution is 2.24. The van der Waals surface area contributed by atoms with Crippen LogP contribution in [0.3, 0.4) is 0 Å². The molecule has 2 N–H and O–H groups in total. The summed E-state index contributed by atoms with van der Waals surface area (Å²) in [6, 6.07) is 11.6. The van der Waals surface area contributed by atoms with E-state index in [1.54, 1.807) is 6.07 Å². The number of piperazine rings is 1. The summed E-state index contributed by atoms with van der Waals surface area (Å²) < 4.78 is 5.32. The van der Waals surface area contributed by atoms with Gasteiger partial charge in [-0.2, -0.15) is 0 Å². The number of nitrogen functional groups attached to an aromatic ring is 1. The van der Waals surface area contributed by atoms with E-state index in [4.69, 9.17) is 22.1 Å². The van der Waals surface area contributed by atoms with Crippen molar-refractivity contribution in [2.45, 2.75) is 51.6 Å². The van der Waals surface area contributed by atoms with Crippen LogP contribution in [-0.4, -0.2) is 53.8 Å². The summed E-state index contributed by atoms with van der Waals surface area (Å²) in [5.74, 6) is 0.340. The van der Waals surface area contributed by atoms with Crippen LogP contribution in [0, 0.1) is 0 Å². The number of carbonyl (C=O) groups excluding carboxylic acids is 1. The van der Waals surface area contributed by atoms with Gasteiger partial charge in [0.25, 0.3) is 0 Å². The molecule has 3 rings (SSSR count). The van der Waals surface area contributed by atoms with Gasteiger partial charge in [0.1, 0.15) is 6.61 Å². The Morgan fingerprint density at radius 1 is 0.969 bits per heavy atom. The second-order valence-corrected chi connectivity index (χ2v) is 8.67. The molecule has 1 fully saturated rings. The molecule has 1 saturated heterocycles. The van der Waals surface area contributed by atoms with Gasteiger partial charge in [-0.3, -0.25) is 9.69 Å². The number of anilines is 2. The molecule has 7 nitrogen and oxygen atoms in total. The maximum atomic E-state index is 11.8. The van der Waals surface area contributed by atoms with Crippen molar-refractivity contribution in [3.05, 3.63) is 47.1 Å². The Labute approximate surface area is 195 Å². The molecular formula is C24H34ClN5O2. The molecule has 32 heavy (non-hydrogen) atoms. The van der Waals surface area contributed by atoms with Crippen molar-refractivity contribution in [1.29, 1.82) is 0 Å². The number of nitrogens with zero attached hydrogens (tertiary/aromatic N) is 4. The van der Waals surface area contributed by atoms with Crippen molar-refractivity contribution in [2.75, 3.05) is 43.4 Å². The zero-order chi connectivity index (χ0) is 22.6. The Hall–Kier alpha value is -2.38. The lowest BCUT2D eigenvalue weighted by Gasteiger charge is -2.36. The van der Waals surface area contributed by atoms with Gasteiger partial charge in [-0.15, -0.1) is 10.2 Å². The lowest BCUT2D eigenvalue weighted by molar-refractivity contribution is -0.145. The molecule has 0 aliphatic carbocycles. The first-order valence-corrected chi connectivity index (χ1v) is 11.9. The number of hydrogen-bond donors (Lipinski definition) is 1. The SMILES string of the molecule is Nc1nnc(Cl)cc1N1CCN(CCCCCCCCC(=O)OCc2ccccc2)CC1. The van der Waals surface area contributed by atoms with Crippen molar-refractivity contribution in [2.24, 2.45) is 0 Å². The normalized spacial score (nSPS) is 14.5. The van der Waals surface area contributed by atoms with Crippen LogP contribution in [0.15, 0.2) is 36.4 Å². The van der Waals surface area contributed by atoms with Crippen LogP contribution >= 0.6 is 11.6 Å². The fourth-order valence-electron chi connectivity index (χ4n) is 3.96. The number of halogens is 1. The van der Waals surface area contributed by atoms with E-state index in [1.807, 2.05) is 30.3 Å². The first-order chi connectivity index (χ1) is 15.6. The van der Waals surface area contributed by atoms with Crippen LogP contribution in [0.1, 0.15) is 50.5 Å². The highest BCUT2D eigenvalue weighted by Gasteiger charge is 2.19. The molecule has 0 unspecified atom stereocenters. The third kappa shape index (κ3) is 8.28. The molecule has 0 atom stereocenters. The number of hydrogen-bond acceptors (Lipinski definition) is 7. The van der Waals surface area contributed by atoms with E-state index in [2.05, 4.69) is 20.0 Å². The molecule has 1 aromatic carbocycles. The summed E-state index contributed by atoms with van der Waals surface area (Å²) in [5, 5.41) is 8.07. The van der Waals surface area contributed by atoms with Gasteiger partial charge in [0, 0.05) is 38.7 Å². The van der Waals surface area contributed by atoms with Crippen LogP contribution in [0.4, 0.5) is 11.5 Å². The number of benzene rings is 1. The summed E-state index contributed by atoms with van der Waals surface area (Å²) in [4.78, 5) is 16.6. The number of rotatable bonds is 12. The highest BCUT2D eigenvalue weighted by atomic mass is 35.5. The minimum atomic E-state index is -0.0976. The lowest BCUT2D eigenvalue weighted by Crippen LogP contribution is -2.46. The smallest absolute Gasteiger partial charge is 0.306 e. The Morgan fingerprint density at radius 2 is 1.66 bits per heavy atom. The fourth-order valence-corrected chi connectivity index (χ4v) is 4.10. The van der Waals surface area contributed by atoms with Crippen LogP contribution in [-0.2, 0) is 16.1 Å². The van der Waals surface area contributed by atoms with Gasteiger partial charge in [0.2, 0.25) is 0 Å². The zero-order valence-corrected chi connectivity index (χ0v) is 19.5. The molecule has 1 aromatic heterocycles. The van der Waals surface area contributed by atoms with Gasteiger partial charge < -0.3 is 15.4 Å². The van der Waals surface area contributed by atoms with Gasteiger partial charge in [0.15, 0.2) is 11.0 Å². The maximum Gasteiger partial charge on any atom is 0.306 e. The minimum Gasteiger partial charge on any atom is -0.461 e. The Morgan fingerprint density at radius 3 is 2.41 bits per heavy atom. The molecular weight excluding hydrogens is 426 g/mol. The van der Waals surface area contributed by atoms with Gasteiger partial charge >= 0.3 is 5.97 Å². The van der Waals surface area contributed by atoms with Crippen molar-refractivity contribution in [1.82, 2.24) is 15.1 Å². The molecule has 2 aromatic rings. The largest absolute Gasteiger partial charge is 0.461 e. The quantitative estimate of drug-likeness (QED) is 0.374. The number of carbonyl (C=O) groups is 1. The predicted octanol–water partition coefficient (Wildman–Crippen LogP) is 4.31. The van der Waals surface area contributed by atoms with Crippen molar-refractivity contribution in [3.63, 3.8) is 0 Å². The van der Waals surface area contributed by atoms with E-state index in [0.717, 1.165) is 56.8 Å². The maximum absolute atomic E-state index is 11.8. The molecule has 0 bridgehead atoms. The van der Waals surface area contributed by atoms with E-state index in [9.17, 15) is 4.79 Å². The number of esters is 1. The van der Waals surface area contributed by atoms with E-state index in [-0.39, 0.29) is 5.97 Å². The van der Waals surface area contributed by atoms with Crippen LogP contribution in [0.2, 0.25) is 5.15 Å². The molecule has 0 amide bonds. The molecule has 0 saturated carbocycles. The van der Waals surface area contributed by atoms with Crippen molar-refractivity contribution < 1.29 is 9.53 Å². The third-order valence-electron chi connectivity index (χ3n) is 5.83. The molecule has 174 valence electrons. The van der Waals surface area contributed by atoms with E-state index < -0.39 is 0 Å². The second-order valence-electron chi connectivity index (χ2n) is 8.28. The first kappa shape index (κ1) is 24.3. The molecule has 1 aliphatic rings. The molecule has 1 aliphatic heterocycles.